The summed E-state index contributed by atoms with van der Waals surface area (Å²) >= 11 is 1.71. The van der Waals surface area contributed by atoms with Gasteiger partial charge in [0, 0.05) is 41.7 Å². The van der Waals surface area contributed by atoms with Crippen molar-refractivity contribution in [2.24, 2.45) is 5.41 Å². The van der Waals surface area contributed by atoms with Gasteiger partial charge in [0.1, 0.15) is 5.25 Å². The summed E-state index contributed by atoms with van der Waals surface area (Å²) in [7, 11) is 0. The molecule has 2 unspecified atom stereocenters. The zero-order valence-corrected chi connectivity index (χ0v) is 16.6. The van der Waals surface area contributed by atoms with Crippen molar-refractivity contribution in [1.82, 2.24) is 4.90 Å². The third-order valence-electron chi connectivity index (χ3n) is 4.26. The molecule has 0 aromatic heterocycles. The van der Waals surface area contributed by atoms with Gasteiger partial charge in [-0.25, -0.2) is 0 Å². The fourth-order valence-electron chi connectivity index (χ4n) is 2.67. The Kier molecular flexibility index (Phi) is 6.38. The van der Waals surface area contributed by atoms with Gasteiger partial charge in [-0.3, -0.25) is 9.59 Å². The van der Waals surface area contributed by atoms with E-state index in [4.69, 9.17) is 0 Å². The number of carbonyl (C=O) groups is 2. The van der Waals surface area contributed by atoms with Gasteiger partial charge in [-0.2, -0.15) is 0 Å². The highest BCUT2D eigenvalue weighted by Gasteiger charge is 2.32. The summed E-state index contributed by atoms with van der Waals surface area (Å²) < 4.78 is 0. The molecule has 2 atom stereocenters. The van der Waals surface area contributed by atoms with Crippen molar-refractivity contribution >= 4 is 35.0 Å². The van der Waals surface area contributed by atoms with E-state index in [9.17, 15) is 9.59 Å². The van der Waals surface area contributed by atoms with Gasteiger partial charge in [-0.15, -0.1) is 11.8 Å². The largest absolute Gasteiger partial charge is 0.383 e. The van der Waals surface area contributed by atoms with Crippen LogP contribution in [0.5, 0.6) is 0 Å². The number of thioether (sulfide) groups is 1. The molecule has 1 heterocycles. The number of benzene rings is 1. The van der Waals surface area contributed by atoms with Crippen molar-refractivity contribution in [3.05, 3.63) is 24.3 Å². The van der Waals surface area contributed by atoms with Crippen LogP contribution in [0.25, 0.3) is 0 Å². The van der Waals surface area contributed by atoms with E-state index < -0.39 is 5.41 Å². The number of hydrogen-bond donors (Lipinski definition) is 2. The van der Waals surface area contributed by atoms with Crippen molar-refractivity contribution in [2.45, 2.75) is 45.9 Å². The lowest BCUT2D eigenvalue weighted by molar-refractivity contribution is -0.132. The van der Waals surface area contributed by atoms with E-state index >= 15 is 0 Å². The van der Waals surface area contributed by atoms with Crippen LogP contribution in [0.1, 0.15) is 34.6 Å². The van der Waals surface area contributed by atoms with Crippen LogP contribution in [0.3, 0.4) is 0 Å². The van der Waals surface area contributed by atoms with Crippen LogP contribution in [0.4, 0.5) is 11.4 Å². The second-order valence-electron chi connectivity index (χ2n) is 7.46. The first-order valence-electron chi connectivity index (χ1n) is 8.80. The molecule has 1 saturated heterocycles. The Bertz CT molecular complexity index is 627. The number of hydrogen-bond acceptors (Lipinski definition) is 4. The molecule has 0 radical (unpaired) electrons. The predicted molar refractivity (Wildman–Crippen MR) is 106 cm³/mol. The monoisotopic (exact) mass is 363 g/mol. The molecule has 0 aliphatic carbocycles. The minimum atomic E-state index is -0.436. The summed E-state index contributed by atoms with van der Waals surface area (Å²) in [5.41, 5.74) is 1.23. The molecule has 2 amide bonds. The maximum Gasteiger partial charge on any atom is 0.237 e. The van der Waals surface area contributed by atoms with Crippen LogP contribution >= 0.6 is 11.8 Å². The van der Waals surface area contributed by atoms with Gasteiger partial charge >= 0.3 is 0 Å². The molecular weight excluding hydrogens is 334 g/mol. The van der Waals surface area contributed by atoms with E-state index in [2.05, 4.69) is 17.6 Å². The molecule has 1 aromatic rings. The Morgan fingerprint density at radius 1 is 1.32 bits per heavy atom. The molecule has 1 aliphatic rings. The maximum atomic E-state index is 12.5. The number of amides is 2. The van der Waals surface area contributed by atoms with Crippen LogP contribution in [0.2, 0.25) is 0 Å². The number of nitrogens with zero attached hydrogens (tertiary/aromatic N) is 1. The van der Waals surface area contributed by atoms with E-state index in [0.29, 0.717) is 12.6 Å². The Morgan fingerprint density at radius 2 is 2.00 bits per heavy atom. The fourth-order valence-corrected chi connectivity index (χ4v) is 3.84. The number of anilines is 2. The van der Waals surface area contributed by atoms with E-state index in [1.807, 2.05) is 56.9 Å². The molecule has 2 N–H and O–H groups in total. The van der Waals surface area contributed by atoms with E-state index in [1.54, 1.807) is 11.8 Å². The van der Waals surface area contributed by atoms with Crippen molar-refractivity contribution in [3.8, 4) is 0 Å². The second kappa shape index (κ2) is 8.13. The molecule has 0 spiro atoms. The number of rotatable bonds is 5. The molecule has 2 rings (SSSR count). The SMILES string of the molecule is CCN1C(=O)C(CNc2cccc(NC(=O)C(C)(C)C)c2)SCC1C. The summed E-state index contributed by atoms with van der Waals surface area (Å²) in [6.07, 6.45) is 0. The minimum Gasteiger partial charge on any atom is -0.383 e. The molecule has 0 bridgehead atoms. The summed E-state index contributed by atoms with van der Waals surface area (Å²) in [5.74, 6) is 1.15. The molecule has 1 fully saturated rings. The standard InChI is InChI=1S/C19H29N3O2S/c1-6-22-13(2)12-25-16(17(22)23)11-20-14-8-7-9-15(10-14)21-18(24)19(3,4)5/h7-10,13,16,20H,6,11-12H2,1-5H3,(H,21,24). The minimum absolute atomic E-state index is 0.0183. The molecule has 25 heavy (non-hydrogen) atoms. The lowest BCUT2D eigenvalue weighted by atomic mass is 9.95. The van der Waals surface area contributed by atoms with Gasteiger partial charge in [-0.1, -0.05) is 26.8 Å². The van der Waals surface area contributed by atoms with Gasteiger partial charge in [0.25, 0.3) is 0 Å². The summed E-state index contributed by atoms with van der Waals surface area (Å²) in [6, 6.07) is 7.93. The van der Waals surface area contributed by atoms with Crippen molar-refractivity contribution < 1.29 is 9.59 Å². The van der Waals surface area contributed by atoms with Crippen LogP contribution in [-0.4, -0.2) is 46.8 Å². The van der Waals surface area contributed by atoms with Gasteiger partial charge in [0.15, 0.2) is 0 Å². The van der Waals surface area contributed by atoms with Crippen LogP contribution in [0.15, 0.2) is 24.3 Å². The van der Waals surface area contributed by atoms with Gasteiger partial charge < -0.3 is 15.5 Å². The van der Waals surface area contributed by atoms with Crippen molar-refractivity contribution in [1.29, 1.82) is 0 Å². The zero-order valence-electron chi connectivity index (χ0n) is 15.8. The van der Waals surface area contributed by atoms with Crippen molar-refractivity contribution in [3.63, 3.8) is 0 Å². The highest BCUT2D eigenvalue weighted by atomic mass is 32.2. The Balaban J connectivity index is 1.96. The smallest absolute Gasteiger partial charge is 0.237 e. The van der Waals surface area contributed by atoms with Crippen LogP contribution in [0, 0.1) is 5.41 Å². The van der Waals surface area contributed by atoms with E-state index in [-0.39, 0.29) is 17.1 Å². The van der Waals surface area contributed by atoms with Gasteiger partial charge in [0.05, 0.1) is 0 Å². The maximum absolute atomic E-state index is 12.5. The third kappa shape index (κ3) is 5.14. The van der Waals surface area contributed by atoms with Crippen LogP contribution < -0.4 is 10.6 Å². The molecular formula is C19H29N3O2S. The van der Waals surface area contributed by atoms with Gasteiger partial charge in [0.2, 0.25) is 11.8 Å². The van der Waals surface area contributed by atoms with E-state index in [0.717, 1.165) is 23.7 Å². The summed E-state index contributed by atoms with van der Waals surface area (Å²) in [4.78, 5) is 26.6. The zero-order chi connectivity index (χ0) is 18.6. The molecule has 6 heteroatoms. The molecule has 5 nitrogen and oxygen atoms in total. The summed E-state index contributed by atoms with van der Waals surface area (Å²) in [6.45, 7) is 11.1. The molecule has 0 saturated carbocycles. The van der Waals surface area contributed by atoms with Crippen LogP contribution in [-0.2, 0) is 9.59 Å². The highest BCUT2D eigenvalue weighted by Crippen LogP contribution is 2.25. The first kappa shape index (κ1) is 19.6. The molecule has 138 valence electrons. The second-order valence-corrected chi connectivity index (χ2v) is 8.70. The topological polar surface area (TPSA) is 61.4 Å². The Morgan fingerprint density at radius 3 is 2.64 bits per heavy atom. The Labute approximate surface area is 154 Å². The fraction of sp³-hybridized carbons (Fsp3) is 0.579. The molecule has 1 aromatic carbocycles. The number of carbonyl (C=O) groups excluding carboxylic acids is 2. The van der Waals surface area contributed by atoms with Gasteiger partial charge in [-0.05, 0) is 32.0 Å². The predicted octanol–water partition coefficient (Wildman–Crippen LogP) is 3.44. The Hall–Kier alpha value is -1.69. The average molecular weight is 364 g/mol. The first-order valence-corrected chi connectivity index (χ1v) is 9.84. The average Bonchev–Trinajstić information content (AvgIpc) is 2.54. The lowest BCUT2D eigenvalue weighted by Crippen LogP contribution is -2.50. The lowest BCUT2D eigenvalue weighted by Gasteiger charge is -2.36. The van der Waals surface area contributed by atoms with Crippen molar-refractivity contribution in [2.75, 3.05) is 29.5 Å². The molecule has 1 aliphatic heterocycles. The first-order chi connectivity index (χ1) is 11.7. The highest BCUT2D eigenvalue weighted by molar-refractivity contribution is 8.00. The quantitative estimate of drug-likeness (QED) is 0.841. The summed E-state index contributed by atoms with van der Waals surface area (Å²) in [5, 5.41) is 6.20. The normalized spacial score (nSPS) is 21.2. The van der Waals surface area contributed by atoms with E-state index in [1.165, 1.54) is 0 Å². The third-order valence-corrected chi connectivity index (χ3v) is 5.71. The number of nitrogens with one attached hydrogen (secondary N) is 2.